The van der Waals surface area contributed by atoms with Gasteiger partial charge in [-0.1, -0.05) is 18.2 Å². The Labute approximate surface area is 175 Å². The van der Waals surface area contributed by atoms with Crippen molar-refractivity contribution in [2.24, 2.45) is 0 Å². The molecule has 0 spiro atoms. The van der Waals surface area contributed by atoms with E-state index >= 15 is 0 Å². The van der Waals surface area contributed by atoms with Crippen molar-refractivity contribution in [3.05, 3.63) is 66.4 Å². The number of ether oxygens (including phenoxy) is 1. The standard InChI is InChI=1S/C19H23N2O7PS/c1-14(13-19(2,3)20-18(22)29(23,24)25)21-30(26,27)17-11-9-16(10-12-17)28-15-7-5-4-6-8-15/h4-13,21H,1-3H3,(H,20,22)(H2,23,24,25)/b14-13+. The molecular formula is C19H23N2O7PS. The average molecular weight is 454 g/mol. The van der Waals surface area contributed by atoms with Gasteiger partial charge in [0.05, 0.1) is 10.4 Å². The molecule has 4 N–H and O–H groups in total. The van der Waals surface area contributed by atoms with E-state index in [4.69, 9.17) is 14.5 Å². The highest BCUT2D eigenvalue weighted by Gasteiger charge is 2.30. The van der Waals surface area contributed by atoms with Gasteiger partial charge in [-0.15, -0.1) is 0 Å². The molecular weight excluding hydrogens is 431 g/mol. The second-order valence-corrected chi connectivity index (χ2v) is 10.2. The summed E-state index contributed by atoms with van der Waals surface area (Å²) in [6.07, 6.45) is 1.34. The van der Waals surface area contributed by atoms with Gasteiger partial charge in [0.2, 0.25) is 0 Å². The van der Waals surface area contributed by atoms with E-state index < -0.39 is 28.8 Å². The van der Waals surface area contributed by atoms with Gasteiger partial charge >= 0.3 is 13.2 Å². The van der Waals surface area contributed by atoms with Gasteiger partial charge < -0.3 is 19.8 Å². The Morgan fingerprint density at radius 2 is 1.57 bits per heavy atom. The lowest BCUT2D eigenvalue weighted by molar-refractivity contribution is 0.243. The summed E-state index contributed by atoms with van der Waals surface area (Å²) in [6, 6.07) is 14.8. The zero-order valence-electron chi connectivity index (χ0n) is 16.6. The first-order valence-electron chi connectivity index (χ1n) is 8.72. The van der Waals surface area contributed by atoms with Gasteiger partial charge in [0.1, 0.15) is 11.5 Å². The van der Waals surface area contributed by atoms with Crippen LogP contribution in [0.5, 0.6) is 11.5 Å². The number of rotatable bonds is 8. The molecule has 0 bridgehead atoms. The summed E-state index contributed by atoms with van der Waals surface area (Å²) in [6.45, 7) is 4.39. The second kappa shape index (κ2) is 9.01. The molecule has 0 atom stereocenters. The molecule has 0 fully saturated rings. The quantitative estimate of drug-likeness (QED) is 0.448. The van der Waals surface area contributed by atoms with Crippen molar-refractivity contribution < 1.29 is 32.3 Å². The number of nitrogens with one attached hydrogen (secondary N) is 2. The molecule has 11 heteroatoms. The lowest BCUT2D eigenvalue weighted by Gasteiger charge is -2.24. The molecule has 0 unspecified atom stereocenters. The number of allylic oxidation sites excluding steroid dienone is 1. The topological polar surface area (TPSA) is 142 Å². The Morgan fingerprint density at radius 1 is 1.03 bits per heavy atom. The smallest absolute Gasteiger partial charge is 0.413 e. The Balaban J connectivity index is 2.10. The molecule has 2 aromatic carbocycles. The number of hydrogen-bond donors (Lipinski definition) is 4. The third-order valence-corrected chi connectivity index (χ3v) is 5.80. The van der Waals surface area contributed by atoms with Crippen molar-refractivity contribution in [3.63, 3.8) is 0 Å². The highest BCUT2D eigenvalue weighted by Crippen LogP contribution is 2.36. The monoisotopic (exact) mass is 454 g/mol. The molecule has 0 radical (unpaired) electrons. The second-order valence-electron chi connectivity index (χ2n) is 7.02. The van der Waals surface area contributed by atoms with Gasteiger partial charge in [-0.2, -0.15) is 0 Å². The number of carbonyl (C=O) groups is 1. The largest absolute Gasteiger partial charge is 0.457 e. The third-order valence-electron chi connectivity index (χ3n) is 3.68. The summed E-state index contributed by atoms with van der Waals surface area (Å²) in [5.74, 6) is 1.08. The average Bonchev–Trinajstić information content (AvgIpc) is 2.60. The number of carbonyl (C=O) groups excluding carboxylic acids is 1. The molecule has 0 saturated heterocycles. The number of para-hydroxylation sites is 1. The van der Waals surface area contributed by atoms with Gasteiger partial charge in [0.25, 0.3) is 10.0 Å². The van der Waals surface area contributed by atoms with Crippen molar-refractivity contribution in [1.82, 2.24) is 10.0 Å². The van der Waals surface area contributed by atoms with Crippen LogP contribution in [0.1, 0.15) is 20.8 Å². The molecule has 9 nitrogen and oxygen atoms in total. The minimum Gasteiger partial charge on any atom is -0.457 e. The molecule has 0 aliphatic heterocycles. The summed E-state index contributed by atoms with van der Waals surface area (Å²) in [5, 5.41) is 2.15. The molecule has 0 aliphatic rings. The predicted molar refractivity (Wildman–Crippen MR) is 112 cm³/mol. The highest BCUT2D eigenvalue weighted by molar-refractivity contribution is 7.89. The Kier molecular flexibility index (Phi) is 7.10. The van der Waals surface area contributed by atoms with Crippen molar-refractivity contribution in [1.29, 1.82) is 0 Å². The van der Waals surface area contributed by atoms with Crippen molar-refractivity contribution in [2.45, 2.75) is 31.2 Å². The minimum atomic E-state index is -4.95. The normalized spacial score (nSPS) is 12.9. The number of amides is 1. The molecule has 0 aliphatic carbocycles. The van der Waals surface area contributed by atoms with Crippen LogP contribution in [-0.4, -0.2) is 29.4 Å². The first-order valence-corrected chi connectivity index (χ1v) is 11.8. The van der Waals surface area contributed by atoms with Crippen LogP contribution in [0, 0.1) is 0 Å². The van der Waals surface area contributed by atoms with Crippen molar-refractivity contribution in [3.8, 4) is 11.5 Å². The fourth-order valence-electron chi connectivity index (χ4n) is 2.54. The zero-order valence-corrected chi connectivity index (χ0v) is 18.3. The van der Waals surface area contributed by atoms with Crippen LogP contribution < -0.4 is 14.8 Å². The van der Waals surface area contributed by atoms with Crippen LogP contribution in [0.2, 0.25) is 0 Å². The summed E-state index contributed by atoms with van der Waals surface area (Å²) < 4.78 is 44.1. The maximum atomic E-state index is 12.6. The minimum absolute atomic E-state index is 0.00674. The van der Waals surface area contributed by atoms with Crippen LogP contribution in [0.25, 0.3) is 0 Å². The van der Waals surface area contributed by atoms with E-state index in [1.807, 2.05) is 18.2 Å². The molecule has 2 aromatic rings. The van der Waals surface area contributed by atoms with Crippen molar-refractivity contribution >= 4 is 23.3 Å². The summed E-state index contributed by atoms with van der Waals surface area (Å²) >= 11 is 0. The van der Waals surface area contributed by atoms with Crippen molar-refractivity contribution in [2.75, 3.05) is 0 Å². The predicted octanol–water partition coefficient (Wildman–Crippen LogP) is 3.33. The van der Waals surface area contributed by atoms with Crippen LogP contribution in [-0.2, 0) is 14.6 Å². The Bertz CT molecular complexity index is 1080. The Morgan fingerprint density at radius 3 is 2.10 bits per heavy atom. The van der Waals surface area contributed by atoms with Gasteiger partial charge in [0, 0.05) is 5.70 Å². The molecule has 0 aromatic heterocycles. The van der Waals surface area contributed by atoms with E-state index in [9.17, 15) is 17.8 Å². The maximum Gasteiger partial charge on any atom is 0.413 e. The summed E-state index contributed by atoms with van der Waals surface area (Å²) in [4.78, 5) is 29.3. The third kappa shape index (κ3) is 7.00. The first-order chi connectivity index (χ1) is 13.8. The fourth-order valence-corrected chi connectivity index (χ4v) is 4.07. The summed E-state index contributed by atoms with van der Waals surface area (Å²) in [5.41, 5.74) is -2.50. The Hall–Kier alpha value is -2.65. The van der Waals surface area contributed by atoms with E-state index in [1.54, 1.807) is 12.1 Å². The van der Waals surface area contributed by atoms with E-state index in [1.165, 1.54) is 51.1 Å². The number of sulfonamides is 1. The van der Waals surface area contributed by atoms with E-state index in [-0.39, 0.29) is 10.6 Å². The highest BCUT2D eigenvalue weighted by atomic mass is 32.2. The molecule has 0 heterocycles. The number of benzene rings is 2. The molecule has 2 rings (SSSR count). The fraction of sp³-hybridized carbons (Fsp3) is 0.211. The van der Waals surface area contributed by atoms with E-state index in [0.29, 0.717) is 11.5 Å². The van der Waals surface area contributed by atoms with Gasteiger partial charge in [0.15, 0.2) is 0 Å². The van der Waals surface area contributed by atoms with E-state index in [0.717, 1.165) is 0 Å². The lowest BCUT2D eigenvalue weighted by Crippen LogP contribution is -2.41. The SMILES string of the molecule is C/C(=C\C(C)(C)NC(=O)P(=O)(O)O)NS(=O)(=O)c1ccc(Oc2ccccc2)cc1. The number of hydrogen-bond acceptors (Lipinski definition) is 5. The van der Waals surface area contributed by atoms with Crippen LogP contribution in [0.4, 0.5) is 4.79 Å². The van der Waals surface area contributed by atoms with Gasteiger partial charge in [-0.3, -0.25) is 9.52 Å². The van der Waals surface area contributed by atoms with Crippen LogP contribution in [0.3, 0.4) is 0 Å². The molecule has 162 valence electrons. The first kappa shape index (κ1) is 23.6. The van der Waals surface area contributed by atoms with Gasteiger partial charge in [-0.05, 0) is 63.2 Å². The van der Waals surface area contributed by atoms with Gasteiger partial charge in [-0.25, -0.2) is 13.0 Å². The zero-order chi connectivity index (χ0) is 22.6. The van der Waals surface area contributed by atoms with Crippen LogP contribution in [0.15, 0.2) is 71.3 Å². The molecule has 1 amide bonds. The maximum absolute atomic E-state index is 12.6. The van der Waals surface area contributed by atoms with E-state index in [2.05, 4.69) is 10.0 Å². The lowest BCUT2D eigenvalue weighted by atomic mass is 10.1. The molecule has 0 saturated carbocycles. The summed E-state index contributed by atoms with van der Waals surface area (Å²) in [7, 11) is -8.86. The molecule has 30 heavy (non-hydrogen) atoms. The van der Waals surface area contributed by atoms with Crippen LogP contribution >= 0.6 is 7.60 Å².